The smallest absolute Gasteiger partial charge is 0.0702 e. The molecule has 64 valence electrons. The fourth-order valence-corrected chi connectivity index (χ4v) is 0.800. The van der Waals surface area contributed by atoms with Crippen LogP contribution in [0.15, 0.2) is 35.3 Å². The van der Waals surface area contributed by atoms with Crippen LogP contribution in [0.25, 0.3) is 0 Å². The largest absolute Gasteiger partial charge is 0.394 e. The summed E-state index contributed by atoms with van der Waals surface area (Å²) < 4.78 is 0. The summed E-state index contributed by atoms with van der Waals surface area (Å²) >= 11 is 0. The Labute approximate surface area is 72.6 Å². The number of aliphatic hydroxyl groups excluding tert-OH is 1. The molecule has 1 aromatic rings. The van der Waals surface area contributed by atoms with Gasteiger partial charge in [-0.15, -0.1) is 0 Å². The van der Waals surface area contributed by atoms with Crippen molar-refractivity contribution in [1.29, 1.82) is 0 Å². The second-order valence-corrected chi connectivity index (χ2v) is 2.72. The minimum atomic E-state index is -0.00907. The zero-order valence-corrected chi connectivity index (χ0v) is 7.14. The Hall–Kier alpha value is -1.15. The lowest BCUT2D eigenvalue weighted by molar-refractivity contribution is 0.275. The van der Waals surface area contributed by atoms with E-state index in [2.05, 4.69) is 4.99 Å². The van der Waals surface area contributed by atoms with E-state index in [0.29, 0.717) is 0 Å². The first-order valence-electron chi connectivity index (χ1n) is 4.02. The highest BCUT2D eigenvalue weighted by molar-refractivity contribution is 5.79. The van der Waals surface area contributed by atoms with E-state index in [4.69, 9.17) is 5.11 Å². The SMILES string of the molecule is C[C@@H](CO)/N=C/c1ccccc1. The number of nitrogens with zero attached hydrogens (tertiary/aromatic N) is 1. The summed E-state index contributed by atoms with van der Waals surface area (Å²) in [6.07, 6.45) is 1.78. The lowest BCUT2D eigenvalue weighted by Crippen LogP contribution is -2.03. The maximum absolute atomic E-state index is 8.70. The van der Waals surface area contributed by atoms with Crippen molar-refractivity contribution in [2.24, 2.45) is 4.99 Å². The van der Waals surface area contributed by atoms with E-state index >= 15 is 0 Å². The average Bonchev–Trinajstić information content (AvgIpc) is 2.16. The van der Waals surface area contributed by atoms with Crippen LogP contribution in [0.2, 0.25) is 0 Å². The summed E-state index contributed by atoms with van der Waals surface area (Å²) in [5, 5.41) is 8.70. The van der Waals surface area contributed by atoms with E-state index < -0.39 is 0 Å². The summed E-state index contributed by atoms with van der Waals surface area (Å²) in [5.41, 5.74) is 1.07. The highest BCUT2D eigenvalue weighted by Crippen LogP contribution is 1.95. The van der Waals surface area contributed by atoms with Crippen LogP contribution in [-0.2, 0) is 0 Å². The predicted octanol–water partition coefficient (Wildman–Crippen LogP) is 1.49. The number of aliphatic imine (C=N–C) groups is 1. The van der Waals surface area contributed by atoms with E-state index in [1.807, 2.05) is 37.3 Å². The molecular weight excluding hydrogens is 150 g/mol. The van der Waals surface area contributed by atoms with Gasteiger partial charge in [-0.3, -0.25) is 4.99 Å². The standard InChI is InChI=1S/C10H13NO/c1-9(8-12)11-7-10-5-3-2-4-6-10/h2-7,9,12H,8H2,1H3/b11-7+/t9-/m0/s1. The average molecular weight is 163 g/mol. The Morgan fingerprint density at radius 1 is 1.42 bits per heavy atom. The molecule has 0 radical (unpaired) electrons. The Balaban J connectivity index is 2.58. The molecule has 2 heteroatoms. The highest BCUT2D eigenvalue weighted by atomic mass is 16.3. The molecule has 1 atom stereocenters. The van der Waals surface area contributed by atoms with Crippen LogP contribution in [0.4, 0.5) is 0 Å². The zero-order chi connectivity index (χ0) is 8.81. The van der Waals surface area contributed by atoms with Crippen LogP contribution in [0.3, 0.4) is 0 Å². The molecule has 0 bridgehead atoms. The molecule has 0 aliphatic carbocycles. The number of hydrogen-bond donors (Lipinski definition) is 1. The van der Waals surface area contributed by atoms with Gasteiger partial charge in [0.1, 0.15) is 0 Å². The number of benzene rings is 1. The molecule has 1 aromatic carbocycles. The van der Waals surface area contributed by atoms with E-state index in [1.54, 1.807) is 6.21 Å². The Bertz CT molecular complexity index is 243. The van der Waals surface area contributed by atoms with E-state index in [-0.39, 0.29) is 12.6 Å². The zero-order valence-electron chi connectivity index (χ0n) is 7.14. The van der Waals surface area contributed by atoms with E-state index in [1.165, 1.54) is 0 Å². The second-order valence-electron chi connectivity index (χ2n) is 2.72. The van der Waals surface area contributed by atoms with Gasteiger partial charge in [0, 0.05) is 6.21 Å². The van der Waals surface area contributed by atoms with Crippen LogP contribution < -0.4 is 0 Å². The van der Waals surface area contributed by atoms with Crippen LogP contribution in [0.5, 0.6) is 0 Å². The van der Waals surface area contributed by atoms with E-state index in [0.717, 1.165) is 5.56 Å². The van der Waals surface area contributed by atoms with Crippen molar-refractivity contribution in [2.45, 2.75) is 13.0 Å². The first-order chi connectivity index (χ1) is 5.83. The molecule has 0 aromatic heterocycles. The van der Waals surface area contributed by atoms with Gasteiger partial charge in [-0.2, -0.15) is 0 Å². The molecule has 0 aliphatic heterocycles. The molecule has 0 fully saturated rings. The third-order valence-corrected chi connectivity index (χ3v) is 1.54. The normalized spacial score (nSPS) is 13.5. The van der Waals surface area contributed by atoms with Crippen molar-refractivity contribution < 1.29 is 5.11 Å². The first-order valence-corrected chi connectivity index (χ1v) is 4.02. The molecule has 0 amide bonds. The van der Waals surface area contributed by atoms with Crippen molar-refractivity contribution >= 4 is 6.21 Å². The van der Waals surface area contributed by atoms with Gasteiger partial charge >= 0.3 is 0 Å². The highest BCUT2D eigenvalue weighted by Gasteiger charge is 1.91. The molecule has 0 aliphatic rings. The number of hydrogen-bond acceptors (Lipinski definition) is 2. The van der Waals surface area contributed by atoms with Crippen molar-refractivity contribution in [3.63, 3.8) is 0 Å². The van der Waals surface area contributed by atoms with Gasteiger partial charge in [0.15, 0.2) is 0 Å². The fraction of sp³-hybridized carbons (Fsp3) is 0.300. The summed E-state index contributed by atoms with van der Waals surface area (Å²) in [5.74, 6) is 0. The molecule has 0 unspecified atom stereocenters. The maximum atomic E-state index is 8.70. The van der Waals surface area contributed by atoms with Gasteiger partial charge in [-0.1, -0.05) is 30.3 Å². The Morgan fingerprint density at radius 3 is 2.67 bits per heavy atom. The minimum Gasteiger partial charge on any atom is -0.394 e. The third-order valence-electron chi connectivity index (χ3n) is 1.54. The fourth-order valence-electron chi connectivity index (χ4n) is 0.800. The molecule has 1 rings (SSSR count). The Kier molecular flexibility index (Phi) is 3.48. The molecule has 0 saturated heterocycles. The van der Waals surface area contributed by atoms with Crippen molar-refractivity contribution in [1.82, 2.24) is 0 Å². The van der Waals surface area contributed by atoms with Crippen LogP contribution in [0, 0.1) is 0 Å². The van der Waals surface area contributed by atoms with Gasteiger partial charge < -0.3 is 5.11 Å². The lowest BCUT2D eigenvalue weighted by Gasteiger charge is -1.98. The van der Waals surface area contributed by atoms with E-state index in [9.17, 15) is 0 Å². The van der Waals surface area contributed by atoms with Gasteiger partial charge in [-0.05, 0) is 12.5 Å². The van der Waals surface area contributed by atoms with Gasteiger partial charge in [0.25, 0.3) is 0 Å². The third kappa shape index (κ3) is 2.84. The predicted molar refractivity (Wildman–Crippen MR) is 50.6 cm³/mol. The molecule has 2 nitrogen and oxygen atoms in total. The van der Waals surface area contributed by atoms with Crippen LogP contribution >= 0.6 is 0 Å². The van der Waals surface area contributed by atoms with Crippen LogP contribution in [0.1, 0.15) is 12.5 Å². The summed E-state index contributed by atoms with van der Waals surface area (Å²) in [7, 11) is 0. The summed E-state index contributed by atoms with van der Waals surface area (Å²) in [6.45, 7) is 1.97. The number of rotatable bonds is 3. The first kappa shape index (κ1) is 8.94. The molecule has 0 saturated carbocycles. The molecule has 12 heavy (non-hydrogen) atoms. The molecule has 1 N–H and O–H groups in total. The Morgan fingerprint density at radius 2 is 2.08 bits per heavy atom. The monoisotopic (exact) mass is 163 g/mol. The second kappa shape index (κ2) is 4.67. The molecule has 0 spiro atoms. The topological polar surface area (TPSA) is 32.6 Å². The quantitative estimate of drug-likeness (QED) is 0.673. The van der Waals surface area contributed by atoms with Gasteiger partial charge in [0.05, 0.1) is 12.6 Å². The minimum absolute atomic E-state index is 0.00907. The molecule has 0 heterocycles. The van der Waals surface area contributed by atoms with Crippen molar-refractivity contribution in [2.75, 3.05) is 6.61 Å². The molecular formula is C10H13NO. The van der Waals surface area contributed by atoms with Crippen LogP contribution in [-0.4, -0.2) is 24.0 Å². The van der Waals surface area contributed by atoms with Gasteiger partial charge in [0.2, 0.25) is 0 Å². The summed E-state index contributed by atoms with van der Waals surface area (Å²) in [6, 6.07) is 9.84. The summed E-state index contributed by atoms with van der Waals surface area (Å²) in [4.78, 5) is 4.14. The van der Waals surface area contributed by atoms with Gasteiger partial charge in [-0.25, -0.2) is 0 Å². The number of aliphatic hydroxyl groups is 1. The maximum Gasteiger partial charge on any atom is 0.0702 e. The van der Waals surface area contributed by atoms with Crippen molar-refractivity contribution in [3.8, 4) is 0 Å². The lowest BCUT2D eigenvalue weighted by atomic mass is 10.2. The van der Waals surface area contributed by atoms with Crippen molar-refractivity contribution in [3.05, 3.63) is 35.9 Å².